The summed E-state index contributed by atoms with van der Waals surface area (Å²) in [5, 5.41) is 9.49. The molecule has 0 spiro atoms. The molecule has 0 fully saturated rings. The zero-order chi connectivity index (χ0) is 9.42. The summed E-state index contributed by atoms with van der Waals surface area (Å²) in [5.74, 6) is 0.344. The van der Waals surface area contributed by atoms with E-state index in [1.807, 2.05) is 6.07 Å². The Hall–Kier alpha value is -1.51. The molecule has 0 atom stereocenters. The Balaban J connectivity index is 2.35. The van der Waals surface area contributed by atoms with E-state index in [-0.39, 0.29) is 5.91 Å². The van der Waals surface area contributed by atoms with Crippen LogP contribution >= 0.6 is 0 Å². The van der Waals surface area contributed by atoms with Gasteiger partial charge in [-0.1, -0.05) is 12.1 Å². The highest BCUT2D eigenvalue weighted by molar-refractivity contribution is 5.74. The standard InChI is InChI=1S/C10H11NO2/c1-7(12)11-5-8-3-2-4-10(13)9(8)6-11/h2-4,13H,5-6H2,1H3. The number of fused-ring (bicyclic) bond motifs is 1. The molecule has 1 heterocycles. The quantitative estimate of drug-likeness (QED) is 0.648. The Morgan fingerprint density at radius 3 is 2.85 bits per heavy atom. The summed E-state index contributed by atoms with van der Waals surface area (Å²) in [6, 6.07) is 5.40. The average molecular weight is 177 g/mol. The molecule has 3 heteroatoms. The molecule has 0 bridgehead atoms. The van der Waals surface area contributed by atoms with Gasteiger partial charge in [0.05, 0.1) is 0 Å². The monoisotopic (exact) mass is 177 g/mol. The van der Waals surface area contributed by atoms with Gasteiger partial charge in [0.15, 0.2) is 0 Å². The van der Waals surface area contributed by atoms with Gasteiger partial charge in [-0.05, 0) is 11.6 Å². The molecule has 68 valence electrons. The smallest absolute Gasteiger partial charge is 0.220 e. The predicted octanol–water partition coefficient (Wildman–Crippen LogP) is 1.25. The first kappa shape index (κ1) is 8.10. The molecule has 1 aromatic carbocycles. The second-order valence-corrected chi connectivity index (χ2v) is 3.29. The van der Waals surface area contributed by atoms with Crippen molar-refractivity contribution in [1.82, 2.24) is 4.90 Å². The van der Waals surface area contributed by atoms with E-state index in [0.717, 1.165) is 11.1 Å². The van der Waals surface area contributed by atoms with E-state index < -0.39 is 0 Å². The van der Waals surface area contributed by atoms with Crippen LogP contribution in [0.3, 0.4) is 0 Å². The fraction of sp³-hybridized carbons (Fsp3) is 0.300. The Morgan fingerprint density at radius 1 is 1.46 bits per heavy atom. The number of benzene rings is 1. The Bertz CT molecular complexity index is 360. The molecule has 3 nitrogen and oxygen atoms in total. The van der Waals surface area contributed by atoms with Crippen LogP contribution in [-0.2, 0) is 17.9 Å². The molecule has 0 aromatic heterocycles. The Labute approximate surface area is 76.6 Å². The minimum Gasteiger partial charge on any atom is -0.508 e. The van der Waals surface area contributed by atoms with Gasteiger partial charge < -0.3 is 10.0 Å². The topological polar surface area (TPSA) is 40.5 Å². The van der Waals surface area contributed by atoms with Crippen molar-refractivity contribution in [1.29, 1.82) is 0 Å². The van der Waals surface area contributed by atoms with Gasteiger partial charge in [-0.25, -0.2) is 0 Å². The van der Waals surface area contributed by atoms with Crippen LogP contribution < -0.4 is 0 Å². The Kier molecular flexibility index (Phi) is 1.72. The van der Waals surface area contributed by atoms with Crippen LogP contribution in [0.25, 0.3) is 0 Å². The summed E-state index contributed by atoms with van der Waals surface area (Å²) in [7, 11) is 0. The first-order valence-electron chi connectivity index (χ1n) is 4.23. The van der Waals surface area contributed by atoms with Gasteiger partial charge in [0.25, 0.3) is 0 Å². The number of hydrogen-bond acceptors (Lipinski definition) is 2. The summed E-state index contributed by atoms with van der Waals surface area (Å²) in [5.41, 5.74) is 1.94. The summed E-state index contributed by atoms with van der Waals surface area (Å²) >= 11 is 0. The normalized spacial score (nSPS) is 14.4. The van der Waals surface area contributed by atoms with Crippen molar-refractivity contribution >= 4 is 5.91 Å². The van der Waals surface area contributed by atoms with E-state index in [2.05, 4.69) is 0 Å². The third-order valence-corrected chi connectivity index (χ3v) is 2.40. The Morgan fingerprint density at radius 2 is 2.23 bits per heavy atom. The van der Waals surface area contributed by atoms with E-state index >= 15 is 0 Å². The maximum Gasteiger partial charge on any atom is 0.220 e. The summed E-state index contributed by atoms with van der Waals surface area (Å²) in [4.78, 5) is 12.8. The SMILES string of the molecule is CC(=O)N1Cc2cccc(O)c2C1. The number of carbonyl (C=O) groups is 1. The number of phenols is 1. The van der Waals surface area contributed by atoms with Crippen LogP contribution in [0.2, 0.25) is 0 Å². The minimum absolute atomic E-state index is 0.0515. The van der Waals surface area contributed by atoms with Crippen LogP contribution in [0.1, 0.15) is 18.1 Å². The van der Waals surface area contributed by atoms with Crippen molar-refractivity contribution in [2.75, 3.05) is 0 Å². The lowest BCUT2D eigenvalue weighted by molar-refractivity contribution is -0.129. The molecule has 0 saturated heterocycles. The van der Waals surface area contributed by atoms with Crippen molar-refractivity contribution in [3.05, 3.63) is 29.3 Å². The number of amides is 1. The highest BCUT2D eigenvalue weighted by Gasteiger charge is 2.22. The first-order chi connectivity index (χ1) is 6.18. The van der Waals surface area contributed by atoms with Crippen LogP contribution in [0.5, 0.6) is 5.75 Å². The summed E-state index contributed by atoms with van der Waals surface area (Å²) < 4.78 is 0. The zero-order valence-electron chi connectivity index (χ0n) is 7.45. The predicted molar refractivity (Wildman–Crippen MR) is 48.0 cm³/mol. The molecule has 1 amide bonds. The highest BCUT2D eigenvalue weighted by Crippen LogP contribution is 2.29. The first-order valence-corrected chi connectivity index (χ1v) is 4.23. The van der Waals surface area contributed by atoms with E-state index in [0.29, 0.717) is 18.8 Å². The molecule has 0 unspecified atom stereocenters. The van der Waals surface area contributed by atoms with Gasteiger partial charge in [-0.15, -0.1) is 0 Å². The van der Waals surface area contributed by atoms with Crippen molar-refractivity contribution < 1.29 is 9.90 Å². The lowest BCUT2D eigenvalue weighted by Gasteiger charge is -2.11. The highest BCUT2D eigenvalue weighted by atomic mass is 16.3. The number of hydrogen-bond donors (Lipinski definition) is 1. The maximum absolute atomic E-state index is 11.1. The van der Waals surface area contributed by atoms with E-state index in [1.54, 1.807) is 24.0 Å². The van der Waals surface area contributed by atoms with Crippen molar-refractivity contribution in [3.63, 3.8) is 0 Å². The maximum atomic E-state index is 11.1. The lowest BCUT2D eigenvalue weighted by Crippen LogP contribution is -2.21. The number of phenolic OH excluding ortho intramolecular Hbond substituents is 1. The molecule has 0 radical (unpaired) electrons. The van der Waals surface area contributed by atoms with Gasteiger partial charge in [-0.2, -0.15) is 0 Å². The molecular formula is C10H11NO2. The van der Waals surface area contributed by atoms with Crippen molar-refractivity contribution in [2.45, 2.75) is 20.0 Å². The average Bonchev–Trinajstić information content (AvgIpc) is 2.49. The van der Waals surface area contributed by atoms with Crippen LogP contribution in [-0.4, -0.2) is 15.9 Å². The third-order valence-electron chi connectivity index (χ3n) is 2.40. The summed E-state index contributed by atoms with van der Waals surface area (Å²) in [6.07, 6.45) is 0. The number of nitrogens with zero attached hydrogens (tertiary/aromatic N) is 1. The van der Waals surface area contributed by atoms with Crippen LogP contribution in [0.15, 0.2) is 18.2 Å². The summed E-state index contributed by atoms with van der Waals surface area (Å²) in [6.45, 7) is 2.71. The molecule has 1 aliphatic heterocycles. The van der Waals surface area contributed by atoms with E-state index in [1.165, 1.54) is 0 Å². The van der Waals surface area contributed by atoms with Gasteiger partial charge in [0.2, 0.25) is 5.91 Å². The second-order valence-electron chi connectivity index (χ2n) is 3.29. The van der Waals surface area contributed by atoms with Gasteiger partial charge in [0.1, 0.15) is 5.75 Å². The lowest BCUT2D eigenvalue weighted by atomic mass is 10.1. The number of aromatic hydroxyl groups is 1. The van der Waals surface area contributed by atoms with E-state index in [9.17, 15) is 9.90 Å². The molecule has 13 heavy (non-hydrogen) atoms. The molecule has 0 saturated carbocycles. The zero-order valence-corrected chi connectivity index (χ0v) is 7.45. The van der Waals surface area contributed by atoms with Crippen molar-refractivity contribution in [2.24, 2.45) is 0 Å². The molecule has 0 aliphatic carbocycles. The van der Waals surface area contributed by atoms with Gasteiger partial charge >= 0.3 is 0 Å². The fourth-order valence-electron chi connectivity index (χ4n) is 1.63. The number of rotatable bonds is 0. The van der Waals surface area contributed by atoms with Crippen LogP contribution in [0, 0.1) is 0 Å². The van der Waals surface area contributed by atoms with Crippen LogP contribution in [0.4, 0.5) is 0 Å². The minimum atomic E-state index is 0.0515. The number of carbonyl (C=O) groups excluding carboxylic acids is 1. The molecule has 1 aliphatic rings. The van der Waals surface area contributed by atoms with Crippen molar-refractivity contribution in [3.8, 4) is 5.75 Å². The third kappa shape index (κ3) is 1.26. The largest absolute Gasteiger partial charge is 0.508 e. The molecule has 2 rings (SSSR count). The van der Waals surface area contributed by atoms with E-state index in [4.69, 9.17) is 0 Å². The molecule has 1 N–H and O–H groups in total. The molecular weight excluding hydrogens is 166 g/mol. The van der Waals surface area contributed by atoms with Gasteiger partial charge in [-0.3, -0.25) is 4.79 Å². The van der Waals surface area contributed by atoms with Gasteiger partial charge in [0, 0.05) is 25.6 Å². The second kappa shape index (κ2) is 2.76. The molecule has 1 aromatic rings. The fourth-order valence-corrected chi connectivity index (χ4v) is 1.63.